The number of aliphatic hydroxyl groups is 1. The second-order valence-electron chi connectivity index (χ2n) is 7.39. The lowest BCUT2D eigenvalue weighted by Crippen LogP contribution is -2.51. The van der Waals surface area contributed by atoms with Gasteiger partial charge >= 0.3 is 12.1 Å². The van der Waals surface area contributed by atoms with Gasteiger partial charge in [0, 0.05) is 13.0 Å². The number of carboxylic acid groups (broad SMARTS) is 1. The van der Waals surface area contributed by atoms with Crippen molar-refractivity contribution < 1.29 is 42.0 Å². The number of carbonyl (C=O) groups is 1. The van der Waals surface area contributed by atoms with Crippen molar-refractivity contribution >= 4 is 11.9 Å². The maximum absolute atomic E-state index is 13.9. The first-order chi connectivity index (χ1) is 14.9. The summed E-state index contributed by atoms with van der Waals surface area (Å²) in [5.74, 6) is -2.47. The fourth-order valence-electron chi connectivity index (χ4n) is 2.94. The van der Waals surface area contributed by atoms with Crippen LogP contribution in [0.25, 0.3) is 0 Å². The van der Waals surface area contributed by atoms with Crippen molar-refractivity contribution in [2.24, 2.45) is 0 Å². The van der Waals surface area contributed by atoms with Crippen molar-refractivity contribution in [3.8, 4) is 11.9 Å². The molecule has 0 aliphatic carbocycles. The van der Waals surface area contributed by atoms with E-state index in [4.69, 9.17) is 19.4 Å². The van der Waals surface area contributed by atoms with Crippen molar-refractivity contribution in [2.75, 3.05) is 31.6 Å². The number of hydrogen-bond acceptors (Lipinski definition) is 9. The first-order valence-corrected chi connectivity index (χ1v) is 9.59. The predicted molar refractivity (Wildman–Crippen MR) is 101 cm³/mol. The average Bonchev–Trinajstić information content (AvgIpc) is 2.71. The number of carboxylic acids is 1. The van der Waals surface area contributed by atoms with Gasteiger partial charge in [0.1, 0.15) is 29.5 Å². The maximum atomic E-state index is 13.9. The molecule has 0 aromatic carbocycles. The molecular formula is C18H23F4N5O5. The summed E-state index contributed by atoms with van der Waals surface area (Å²) in [6.45, 7) is 3.21. The number of aliphatic carboxylic acids is 1. The van der Waals surface area contributed by atoms with Gasteiger partial charge in [-0.3, -0.25) is 0 Å². The molecule has 32 heavy (non-hydrogen) atoms. The average molecular weight is 465 g/mol. The lowest BCUT2D eigenvalue weighted by molar-refractivity contribution is -0.192. The van der Waals surface area contributed by atoms with Crippen LogP contribution in [0.15, 0.2) is 6.20 Å². The number of halogens is 4. The third kappa shape index (κ3) is 7.14. The van der Waals surface area contributed by atoms with E-state index in [0.717, 1.165) is 0 Å². The van der Waals surface area contributed by atoms with E-state index in [1.165, 1.54) is 6.20 Å². The van der Waals surface area contributed by atoms with Crippen LogP contribution >= 0.6 is 0 Å². The molecule has 1 aromatic heterocycles. The van der Waals surface area contributed by atoms with Crippen molar-refractivity contribution in [3.63, 3.8) is 0 Å². The number of hydrogen-bond donors (Lipinski definition) is 4. The summed E-state index contributed by atoms with van der Waals surface area (Å²) < 4.78 is 56.7. The molecule has 1 aromatic rings. The molecular weight excluding hydrogens is 442 g/mol. The van der Waals surface area contributed by atoms with Gasteiger partial charge < -0.3 is 30.3 Å². The van der Waals surface area contributed by atoms with E-state index in [9.17, 15) is 27.9 Å². The van der Waals surface area contributed by atoms with Gasteiger partial charge in [-0.2, -0.15) is 23.4 Å². The summed E-state index contributed by atoms with van der Waals surface area (Å²) in [5, 5.41) is 32.7. The van der Waals surface area contributed by atoms with Crippen molar-refractivity contribution in [1.82, 2.24) is 15.3 Å². The predicted octanol–water partition coefficient (Wildman–Crippen LogP) is 1.01. The molecule has 0 bridgehead atoms. The van der Waals surface area contributed by atoms with E-state index < -0.39 is 36.1 Å². The molecule has 0 spiro atoms. The zero-order valence-corrected chi connectivity index (χ0v) is 17.0. The minimum absolute atomic E-state index is 0.0801. The van der Waals surface area contributed by atoms with Crippen LogP contribution in [0.1, 0.15) is 25.3 Å². The Bertz CT molecular complexity index is 833. The van der Waals surface area contributed by atoms with E-state index in [1.807, 2.05) is 6.07 Å². The van der Waals surface area contributed by atoms with Gasteiger partial charge in [-0.15, -0.1) is 0 Å². The highest BCUT2D eigenvalue weighted by Crippen LogP contribution is 2.26. The normalized spacial score (nSPS) is 28.0. The molecule has 0 saturated carbocycles. The van der Waals surface area contributed by atoms with E-state index in [1.54, 1.807) is 6.92 Å². The van der Waals surface area contributed by atoms with Crippen LogP contribution < -0.4 is 15.4 Å². The van der Waals surface area contributed by atoms with E-state index in [0.29, 0.717) is 26.0 Å². The molecule has 14 heteroatoms. The molecule has 0 amide bonds. The zero-order valence-electron chi connectivity index (χ0n) is 17.0. The summed E-state index contributed by atoms with van der Waals surface area (Å²) in [6.07, 6.45) is -4.26. The third-order valence-electron chi connectivity index (χ3n) is 4.71. The molecule has 0 radical (unpaired) electrons. The second-order valence-corrected chi connectivity index (χ2v) is 7.39. The highest BCUT2D eigenvalue weighted by molar-refractivity contribution is 5.73. The van der Waals surface area contributed by atoms with Crippen molar-refractivity contribution in [2.45, 2.75) is 49.9 Å². The molecule has 2 unspecified atom stereocenters. The standard InChI is InChI=1S/C16H22FN5O3.C2HF3O2/c1-16(23)9-24-5-3-13(16)25-14-10(6-18)7-20-15(22-14)21-12-2-4-19-8-11(12)17;3-2(4,5)1(6)7/h7,11-13,19,23H,2-5,8-9H2,1H3,(H,20,21,22);(H,6,7)/t11-,12+,13?,16?;/m1./s1. The summed E-state index contributed by atoms with van der Waals surface area (Å²) in [5.41, 5.74) is -1.02. The summed E-state index contributed by atoms with van der Waals surface area (Å²) in [7, 11) is 0. The Labute approximate surface area is 180 Å². The van der Waals surface area contributed by atoms with Crippen LogP contribution in [0.3, 0.4) is 0 Å². The Morgan fingerprint density at radius 3 is 2.72 bits per heavy atom. The van der Waals surface area contributed by atoms with Gasteiger partial charge in [-0.1, -0.05) is 0 Å². The molecule has 4 N–H and O–H groups in total. The molecule has 4 atom stereocenters. The number of piperidine rings is 1. The molecule has 178 valence electrons. The summed E-state index contributed by atoms with van der Waals surface area (Å²) in [6, 6.07) is 1.58. The Kier molecular flexibility index (Phi) is 8.53. The maximum Gasteiger partial charge on any atom is 0.490 e. The Morgan fingerprint density at radius 2 is 2.16 bits per heavy atom. The topological polar surface area (TPSA) is 150 Å². The summed E-state index contributed by atoms with van der Waals surface area (Å²) in [4.78, 5) is 17.2. The van der Waals surface area contributed by atoms with Crippen LogP contribution in [0.4, 0.5) is 23.5 Å². The van der Waals surface area contributed by atoms with Gasteiger partial charge in [0.2, 0.25) is 11.8 Å². The monoisotopic (exact) mass is 465 g/mol. The number of rotatable bonds is 4. The minimum Gasteiger partial charge on any atom is -0.475 e. The number of nitriles is 1. The van der Waals surface area contributed by atoms with Crippen molar-refractivity contribution in [3.05, 3.63) is 11.8 Å². The molecule has 10 nitrogen and oxygen atoms in total. The fourth-order valence-corrected chi connectivity index (χ4v) is 2.94. The number of anilines is 1. The Morgan fingerprint density at radius 1 is 1.47 bits per heavy atom. The largest absolute Gasteiger partial charge is 0.490 e. The number of alkyl halides is 4. The second kappa shape index (κ2) is 10.7. The molecule has 3 rings (SSSR count). The van der Waals surface area contributed by atoms with E-state index in [-0.39, 0.29) is 30.5 Å². The van der Waals surface area contributed by atoms with Crippen LogP contribution in [-0.4, -0.2) is 82.5 Å². The molecule has 3 heterocycles. The number of nitrogens with zero attached hydrogens (tertiary/aromatic N) is 3. The number of ether oxygens (including phenoxy) is 2. The SMILES string of the molecule is CC1(O)COCCC1Oc1nc(N[C@H]2CCNC[C@H]2F)ncc1C#N.O=C(O)C(F)(F)F. The number of aromatic nitrogens is 2. The van der Waals surface area contributed by atoms with Crippen LogP contribution in [0.5, 0.6) is 5.88 Å². The van der Waals surface area contributed by atoms with Crippen LogP contribution in [0, 0.1) is 11.3 Å². The molecule has 2 saturated heterocycles. The summed E-state index contributed by atoms with van der Waals surface area (Å²) >= 11 is 0. The fraction of sp³-hybridized carbons (Fsp3) is 0.667. The van der Waals surface area contributed by atoms with Gasteiger partial charge in [-0.25, -0.2) is 14.2 Å². The zero-order chi connectivity index (χ0) is 23.9. The van der Waals surface area contributed by atoms with Crippen LogP contribution in [-0.2, 0) is 9.53 Å². The minimum atomic E-state index is -5.08. The first-order valence-electron chi connectivity index (χ1n) is 9.59. The van der Waals surface area contributed by atoms with E-state index >= 15 is 0 Å². The lowest BCUT2D eigenvalue weighted by Gasteiger charge is -2.36. The van der Waals surface area contributed by atoms with Crippen molar-refractivity contribution in [1.29, 1.82) is 5.26 Å². The van der Waals surface area contributed by atoms with Gasteiger partial charge in [0.25, 0.3) is 0 Å². The highest BCUT2D eigenvalue weighted by Gasteiger charge is 2.39. The Balaban J connectivity index is 0.000000451. The molecule has 2 fully saturated rings. The van der Waals surface area contributed by atoms with Crippen LogP contribution in [0.2, 0.25) is 0 Å². The quantitative estimate of drug-likeness (QED) is 0.475. The lowest BCUT2D eigenvalue weighted by atomic mass is 9.95. The Hall–Kier alpha value is -2.76. The highest BCUT2D eigenvalue weighted by atomic mass is 19.4. The smallest absolute Gasteiger partial charge is 0.475 e. The molecule has 2 aliphatic heterocycles. The van der Waals surface area contributed by atoms with E-state index in [2.05, 4.69) is 20.6 Å². The first kappa shape index (κ1) is 25.5. The third-order valence-corrected chi connectivity index (χ3v) is 4.71. The number of nitrogens with one attached hydrogen (secondary N) is 2. The van der Waals surface area contributed by atoms with Gasteiger partial charge in [-0.05, 0) is 19.9 Å². The molecule has 2 aliphatic rings. The van der Waals surface area contributed by atoms with Gasteiger partial charge in [0.15, 0.2) is 0 Å². The van der Waals surface area contributed by atoms with Gasteiger partial charge in [0.05, 0.1) is 25.5 Å².